The number of benzene rings is 2. The lowest BCUT2D eigenvalue weighted by Crippen LogP contribution is -2.02. The number of halogens is 1. The molecule has 0 fully saturated rings. The minimum Gasteiger partial charge on any atom is -0.399 e. The van der Waals surface area contributed by atoms with Gasteiger partial charge in [0.2, 0.25) is 0 Å². The predicted molar refractivity (Wildman–Crippen MR) is 76.5 cm³/mol. The normalized spacial score (nSPS) is 10.6. The van der Waals surface area contributed by atoms with E-state index < -0.39 is 0 Å². The second-order valence-corrected chi connectivity index (χ2v) is 4.55. The summed E-state index contributed by atoms with van der Waals surface area (Å²) in [6.07, 6.45) is 0.504. The fourth-order valence-corrected chi connectivity index (χ4v) is 2.12. The van der Waals surface area contributed by atoms with Crippen molar-refractivity contribution in [2.75, 3.05) is 18.1 Å². The quantitative estimate of drug-likeness (QED) is 0.745. The second kappa shape index (κ2) is 5.29. The van der Waals surface area contributed by atoms with Crippen LogP contribution in [-0.4, -0.2) is 11.7 Å². The molecule has 2 aromatic carbocycles. The molecule has 2 aromatic rings. The van der Waals surface area contributed by atoms with Crippen LogP contribution in [0.1, 0.15) is 5.56 Å². The van der Waals surface area contributed by atoms with Crippen LogP contribution in [-0.2, 0) is 6.42 Å². The van der Waals surface area contributed by atoms with Crippen molar-refractivity contribution >= 4 is 23.0 Å². The molecule has 4 heteroatoms. The van der Waals surface area contributed by atoms with Gasteiger partial charge in [0, 0.05) is 23.0 Å². The molecule has 0 saturated heterocycles. The van der Waals surface area contributed by atoms with E-state index in [1.807, 2.05) is 30.3 Å². The number of nitrogens with two attached hydrogens (primary N) is 2. The van der Waals surface area contributed by atoms with Gasteiger partial charge in [0.15, 0.2) is 0 Å². The Hall–Kier alpha value is -1.71. The van der Waals surface area contributed by atoms with Crippen LogP contribution in [0.2, 0.25) is 5.02 Å². The van der Waals surface area contributed by atoms with Gasteiger partial charge in [-0.3, -0.25) is 0 Å². The van der Waals surface area contributed by atoms with Crippen molar-refractivity contribution in [3.63, 3.8) is 0 Å². The molecule has 0 amide bonds. The summed E-state index contributed by atoms with van der Waals surface area (Å²) in [6, 6.07) is 11.0. The van der Waals surface area contributed by atoms with Gasteiger partial charge >= 0.3 is 0 Å². The molecule has 0 aliphatic rings. The van der Waals surface area contributed by atoms with Crippen LogP contribution in [0.3, 0.4) is 0 Å². The molecule has 0 bridgehead atoms. The highest BCUT2D eigenvalue weighted by Gasteiger charge is 2.09. The Bertz CT molecular complexity index is 552. The van der Waals surface area contributed by atoms with E-state index in [-0.39, 0.29) is 6.61 Å². The van der Waals surface area contributed by atoms with Crippen LogP contribution < -0.4 is 11.5 Å². The number of aliphatic hydroxyl groups is 1. The highest BCUT2D eigenvalue weighted by molar-refractivity contribution is 6.30. The summed E-state index contributed by atoms with van der Waals surface area (Å²) in [5.41, 5.74) is 15.8. The molecule has 2 rings (SSSR count). The van der Waals surface area contributed by atoms with Crippen molar-refractivity contribution in [3.8, 4) is 11.1 Å². The van der Waals surface area contributed by atoms with E-state index in [0.29, 0.717) is 22.8 Å². The molecule has 0 aliphatic carbocycles. The van der Waals surface area contributed by atoms with Crippen molar-refractivity contribution in [3.05, 3.63) is 47.0 Å². The highest BCUT2D eigenvalue weighted by Crippen LogP contribution is 2.31. The number of nitrogen functional groups attached to an aromatic ring is 2. The maximum Gasteiger partial charge on any atom is 0.0472 e. The van der Waals surface area contributed by atoms with Crippen LogP contribution in [0.25, 0.3) is 11.1 Å². The third-order valence-corrected chi connectivity index (χ3v) is 3.08. The molecule has 0 unspecified atom stereocenters. The van der Waals surface area contributed by atoms with E-state index >= 15 is 0 Å². The van der Waals surface area contributed by atoms with Crippen molar-refractivity contribution in [2.45, 2.75) is 6.42 Å². The van der Waals surface area contributed by atoms with E-state index in [1.165, 1.54) is 0 Å². The number of rotatable bonds is 3. The molecule has 0 atom stereocenters. The molecule has 0 aromatic heterocycles. The van der Waals surface area contributed by atoms with E-state index in [1.54, 1.807) is 6.07 Å². The fourth-order valence-electron chi connectivity index (χ4n) is 2.00. The Kier molecular flexibility index (Phi) is 3.75. The van der Waals surface area contributed by atoms with Crippen LogP contribution in [0, 0.1) is 0 Å². The first kappa shape index (κ1) is 12.7. The molecule has 0 spiro atoms. The molecule has 0 radical (unpaired) electrons. The van der Waals surface area contributed by atoms with Crippen LogP contribution in [0.15, 0.2) is 36.4 Å². The SMILES string of the molecule is Nc1cc(N)c(CCO)c(-c2ccc(Cl)cc2)c1. The van der Waals surface area contributed by atoms with Crippen LogP contribution >= 0.6 is 11.6 Å². The zero-order valence-electron chi connectivity index (χ0n) is 9.86. The van der Waals surface area contributed by atoms with E-state index in [4.69, 9.17) is 28.2 Å². The van der Waals surface area contributed by atoms with Gasteiger partial charge in [0.1, 0.15) is 0 Å². The Labute approximate surface area is 111 Å². The topological polar surface area (TPSA) is 72.3 Å². The molecular formula is C14H15ClN2O. The standard InChI is InChI=1S/C14H15ClN2O/c15-10-3-1-9(2-4-10)13-7-11(16)8-14(17)12(13)5-6-18/h1-4,7-8,18H,5-6,16-17H2. The number of hydrogen-bond donors (Lipinski definition) is 3. The van der Waals surface area contributed by atoms with Crippen molar-refractivity contribution in [1.29, 1.82) is 0 Å². The number of hydrogen-bond acceptors (Lipinski definition) is 3. The Balaban J connectivity index is 2.57. The third-order valence-electron chi connectivity index (χ3n) is 2.82. The largest absolute Gasteiger partial charge is 0.399 e. The van der Waals surface area contributed by atoms with E-state index in [0.717, 1.165) is 16.7 Å². The predicted octanol–water partition coefficient (Wildman–Crippen LogP) is 2.71. The molecule has 5 N–H and O–H groups in total. The summed E-state index contributed by atoms with van der Waals surface area (Å²) in [5.74, 6) is 0. The summed E-state index contributed by atoms with van der Waals surface area (Å²) in [4.78, 5) is 0. The van der Waals surface area contributed by atoms with Crippen molar-refractivity contribution in [2.24, 2.45) is 0 Å². The molecule has 0 aliphatic heterocycles. The summed E-state index contributed by atoms with van der Waals surface area (Å²) in [6.45, 7) is 0.0503. The lowest BCUT2D eigenvalue weighted by molar-refractivity contribution is 0.300. The first-order valence-electron chi connectivity index (χ1n) is 5.66. The van der Waals surface area contributed by atoms with Gasteiger partial charge < -0.3 is 16.6 Å². The van der Waals surface area contributed by atoms with E-state index in [9.17, 15) is 0 Å². The van der Waals surface area contributed by atoms with Gasteiger partial charge in [-0.1, -0.05) is 23.7 Å². The molecule has 3 nitrogen and oxygen atoms in total. The zero-order chi connectivity index (χ0) is 13.1. The minimum absolute atomic E-state index is 0.0503. The molecular weight excluding hydrogens is 248 g/mol. The van der Waals surface area contributed by atoms with E-state index in [2.05, 4.69) is 0 Å². The second-order valence-electron chi connectivity index (χ2n) is 4.12. The monoisotopic (exact) mass is 262 g/mol. The van der Waals surface area contributed by atoms with Gasteiger partial charge in [0.25, 0.3) is 0 Å². The Morgan fingerprint density at radius 1 is 1.06 bits per heavy atom. The highest BCUT2D eigenvalue weighted by atomic mass is 35.5. The van der Waals surface area contributed by atoms with Gasteiger partial charge in [-0.05, 0) is 47.4 Å². The summed E-state index contributed by atoms with van der Waals surface area (Å²) in [7, 11) is 0. The first-order chi connectivity index (χ1) is 8.61. The smallest absolute Gasteiger partial charge is 0.0472 e. The average molecular weight is 263 g/mol. The maximum absolute atomic E-state index is 9.12. The third kappa shape index (κ3) is 2.58. The minimum atomic E-state index is 0.0503. The number of anilines is 2. The summed E-state index contributed by atoms with van der Waals surface area (Å²) in [5, 5.41) is 9.80. The first-order valence-corrected chi connectivity index (χ1v) is 6.04. The Morgan fingerprint density at radius 2 is 1.72 bits per heavy atom. The zero-order valence-corrected chi connectivity index (χ0v) is 10.6. The van der Waals surface area contributed by atoms with Gasteiger partial charge in [-0.15, -0.1) is 0 Å². The lowest BCUT2D eigenvalue weighted by Gasteiger charge is -2.13. The molecule has 18 heavy (non-hydrogen) atoms. The fraction of sp³-hybridized carbons (Fsp3) is 0.143. The Morgan fingerprint density at radius 3 is 2.33 bits per heavy atom. The summed E-state index contributed by atoms with van der Waals surface area (Å²) >= 11 is 5.87. The lowest BCUT2D eigenvalue weighted by atomic mass is 9.95. The van der Waals surface area contributed by atoms with Gasteiger partial charge in [-0.25, -0.2) is 0 Å². The molecule has 94 valence electrons. The van der Waals surface area contributed by atoms with Crippen LogP contribution in [0.5, 0.6) is 0 Å². The van der Waals surface area contributed by atoms with Gasteiger partial charge in [0.05, 0.1) is 0 Å². The van der Waals surface area contributed by atoms with Crippen molar-refractivity contribution < 1.29 is 5.11 Å². The number of aliphatic hydroxyl groups excluding tert-OH is 1. The average Bonchev–Trinajstić information content (AvgIpc) is 2.33. The van der Waals surface area contributed by atoms with Gasteiger partial charge in [-0.2, -0.15) is 0 Å². The maximum atomic E-state index is 9.12. The van der Waals surface area contributed by atoms with Crippen LogP contribution in [0.4, 0.5) is 11.4 Å². The molecule has 0 heterocycles. The molecule has 0 saturated carbocycles. The summed E-state index contributed by atoms with van der Waals surface area (Å²) < 4.78 is 0. The van der Waals surface area contributed by atoms with Crippen molar-refractivity contribution in [1.82, 2.24) is 0 Å².